The van der Waals surface area contributed by atoms with Crippen LogP contribution in [-0.4, -0.2) is 53.1 Å². The summed E-state index contributed by atoms with van der Waals surface area (Å²) in [6.45, 7) is 0. The summed E-state index contributed by atoms with van der Waals surface area (Å²) in [6.07, 6.45) is 1.17. The van der Waals surface area contributed by atoms with Crippen molar-refractivity contribution in [2.24, 2.45) is 0 Å². The molecule has 126 valence electrons. The molecule has 0 aromatic heterocycles. The molecule has 2 fully saturated rings. The minimum Gasteiger partial charge on any atom is -0.330 e. The summed E-state index contributed by atoms with van der Waals surface area (Å²) in [5.41, 5.74) is 0. The average Bonchev–Trinajstić information content (AvgIpc) is 3.01. The summed E-state index contributed by atoms with van der Waals surface area (Å²) in [5, 5.41) is 1.26. The van der Waals surface area contributed by atoms with Gasteiger partial charge in [-0.15, -0.1) is 5.06 Å². The Labute approximate surface area is 131 Å². The Hall–Kier alpha value is -2.62. The highest BCUT2D eigenvalue weighted by Crippen LogP contribution is 2.12. The first-order chi connectivity index (χ1) is 10.9. The van der Waals surface area contributed by atoms with Crippen LogP contribution >= 0.6 is 0 Å². The van der Waals surface area contributed by atoms with Crippen LogP contribution in [-0.2, 0) is 38.4 Å². The maximum atomic E-state index is 11.0. The molecule has 0 saturated carbocycles. The van der Waals surface area contributed by atoms with Gasteiger partial charge in [0.15, 0.2) is 0 Å². The highest BCUT2D eigenvalue weighted by Gasteiger charge is 2.32. The number of carbonyl (C=O) groups is 6. The molecule has 2 heterocycles. The molecule has 2 saturated heterocycles. The minimum absolute atomic E-state index is 0.0229. The van der Waals surface area contributed by atoms with Gasteiger partial charge in [-0.05, 0) is 0 Å². The fraction of sp³-hybridized carbons (Fsp3) is 0.538. The maximum absolute atomic E-state index is 11.0. The van der Waals surface area contributed by atoms with Crippen LogP contribution < -0.4 is 0 Å². The van der Waals surface area contributed by atoms with Gasteiger partial charge in [0.1, 0.15) is 6.29 Å². The molecule has 23 heavy (non-hydrogen) atoms. The van der Waals surface area contributed by atoms with Gasteiger partial charge in [-0.25, -0.2) is 4.79 Å². The summed E-state index contributed by atoms with van der Waals surface area (Å²) >= 11 is 0. The van der Waals surface area contributed by atoms with Gasteiger partial charge in [0.05, 0.1) is 13.5 Å². The van der Waals surface area contributed by atoms with Gasteiger partial charge < -0.3 is 9.63 Å². The number of carbonyl (C=O) groups excluding carboxylic acids is 6. The second-order valence-corrected chi connectivity index (χ2v) is 4.51. The van der Waals surface area contributed by atoms with Crippen LogP contribution in [0.25, 0.3) is 0 Å². The zero-order chi connectivity index (χ0) is 17.4. The van der Waals surface area contributed by atoms with Crippen LogP contribution in [0.3, 0.4) is 0 Å². The van der Waals surface area contributed by atoms with Crippen molar-refractivity contribution in [3.8, 4) is 0 Å². The molecule has 10 heteroatoms. The summed E-state index contributed by atoms with van der Waals surface area (Å²) in [7, 11) is 1.31. The lowest BCUT2D eigenvalue weighted by Gasteiger charge is -2.11. The second kappa shape index (κ2) is 8.73. The van der Waals surface area contributed by atoms with Crippen LogP contribution in [0.1, 0.15) is 38.5 Å². The van der Waals surface area contributed by atoms with Crippen molar-refractivity contribution in [2.45, 2.75) is 38.5 Å². The highest BCUT2D eigenvalue weighted by atomic mass is 16.7. The lowest BCUT2D eigenvalue weighted by molar-refractivity contribution is -0.197. The van der Waals surface area contributed by atoms with Crippen LogP contribution in [0.2, 0.25) is 0 Å². The first kappa shape index (κ1) is 18.4. The molecule has 10 nitrogen and oxygen atoms in total. The molecular formula is C13H16N2O8. The summed E-state index contributed by atoms with van der Waals surface area (Å²) in [6, 6.07) is 0. The number of rotatable bonds is 5. The quantitative estimate of drug-likeness (QED) is 0.477. The zero-order valence-corrected chi connectivity index (χ0v) is 12.5. The lowest BCUT2D eigenvalue weighted by atomic mass is 10.3. The van der Waals surface area contributed by atoms with Gasteiger partial charge >= 0.3 is 5.97 Å². The van der Waals surface area contributed by atoms with E-state index < -0.39 is 17.8 Å². The molecule has 0 aliphatic carbocycles. The fourth-order valence-electron chi connectivity index (χ4n) is 1.74. The molecule has 0 radical (unpaired) electrons. The SMILES string of the molecule is CON1C(=O)CCC1=O.O=CCCC(=O)ON1C(=O)CCC1=O. The van der Waals surface area contributed by atoms with Gasteiger partial charge in [-0.3, -0.25) is 24.0 Å². The molecule has 0 aromatic rings. The number of hydroxylamine groups is 4. The predicted octanol–water partition coefficient (Wildman–Crippen LogP) is -0.730. The zero-order valence-electron chi connectivity index (χ0n) is 12.5. The van der Waals surface area contributed by atoms with E-state index in [9.17, 15) is 28.8 Å². The average molecular weight is 328 g/mol. The number of amides is 4. The number of aldehydes is 1. The standard InChI is InChI=1S/C8H9NO5.C5H7NO3/c10-5-1-2-8(13)14-9-6(11)3-4-7(9)12;1-9-6-4(7)2-3-5(6)8/h5H,1-4H2;2-3H2,1H3. The van der Waals surface area contributed by atoms with Crippen molar-refractivity contribution >= 4 is 35.9 Å². The van der Waals surface area contributed by atoms with E-state index >= 15 is 0 Å². The number of nitrogens with zero attached hydrogens (tertiary/aromatic N) is 2. The van der Waals surface area contributed by atoms with E-state index in [2.05, 4.69) is 9.68 Å². The predicted molar refractivity (Wildman–Crippen MR) is 70.6 cm³/mol. The highest BCUT2D eigenvalue weighted by molar-refractivity contribution is 6.01. The number of imide groups is 2. The third-order valence-corrected chi connectivity index (χ3v) is 2.85. The largest absolute Gasteiger partial charge is 0.333 e. The monoisotopic (exact) mass is 328 g/mol. The third-order valence-electron chi connectivity index (χ3n) is 2.85. The topological polar surface area (TPSA) is 127 Å². The summed E-state index contributed by atoms with van der Waals surface area (Å²) in [4.78, 5) is 72.9. The van der Waals surface area contributed by atoms with Crippen molar-refractivity contribution in [2.75, 3.05) is 7.11 Å². The van der Waals surface area contributed by atoms with Gasteiger partial charge in [0.25, 0.3) is 23.6 Å². The van der Waals surface area contributed by atoms with Gasteiger partial charge in [-0.1, -0.05) is 0 Å². The van der Waals surface area contributed by atoms with E-state index in [0.717, 1.165) is 5.06 Å². The lowest BCUT2D eigenvalue weighted by Crippen LogP contribution is -2.31. The van der Waals surface area contributed by atoms with Crippen LogP contribution in [0.15, 0.2) is 0 Å². The Morgan fingerprint density at radius 3 is 1.74 bits per heavy atom. The van der Waals surface area contributed by atoms with Gasteiger partial charge in [0, 0.05) is 32.1 Å². The molecule has 0 aromatic carbocycles. The Balaban J connectivity index is 0.000000253. The molecule has 0 bridgehead atoms. The number of hydrogen-bond acceptors (Lipinski definition) is 8. The van der Waals surface area contributed by atoms with E-state index in [1.807, 2.05) is 0 Å². The normalized spacial score (nSPS) is 17.3. The van der Waals surface area contributed by atoms with Crippen molar-refractivity contribution in [3.63, 3.8) is 0 Å². The molecule has 0 atom stereocenters. The minimum atomic E-state index is -0.749. The van der Waals surface area contributed by atoms with E-state index in [1.165, 1.54) is 7.11 Å². The van der Waals surface area contributed by atoms with Crippen LogP contribution in [0.5, 0.6) is 0 Å². The first-order valence-corrected chi connectivity index (χ1v) is 6.80. The van der Waals surface area contributed by atoms with Crippen molar-refractivity contribution in [3.05, 3.63) is 0 Å². The summed E-state index contributed by atoms with van der Waals surface area (Å²) < 4.78 is 0. The van der Waals surface area contributed by atoms with E-state index in [0.29, 0.717) is 11.3 Å². The molecule has 2 rings (SSSR count). The first-order valence-electron chi connectivity index (χ1n) is 6.80. The molecule has 2 aliphatic rings. The van der Waals surface area contributed by atoms with E-state index in [4.69, 9.17) is 0 Å². The molecule has 4 amide bonds. The van der Waals surface area contributed by atoms with Crippen LogP contribution in [0, 0.1) is 0 Å². The Morgan fingerprint density at radius 2 is 1.39 bits per heavy atom. The van der Waals surface area contributed by atoms with Gasteiger partial charge in [-0.2, -0.15) is 5.06 Å². The van der Waals surface area contributed by atoms with Crippen molar-refractivity contribution in [1.29, 1.82) is 0 Å². The fourth-order valence-corrected chi connectivity index (χ4v) is 1.74. The molecule has 0 spiro atoms. The Bertz CT molecular complexity index is 498. The van der Waals surface area contributed by atoms with Gasteiger partial charge in [0.2, 0.25) is 0 Å². The van der Waals surface area contributed by atoms with Crippen molar-refractivity contribution < 1.29 is 38.4 Å². The molecule has 2 aliphatic heterocycles. The van der Waals surface area contributed by atoms with E-state index in [-0.39, 0.29) is 50.3 Å². The maximum Gasteiger partial charge on any atom is 0.333 e. The smallest absolute Gasteiger partial charge is 0.330 e. The molecular weight excluding hydrogens is 312 g/mol. The number of hydrogen-bond donors (Lipinski definition) is 0. The van der Waals surface area contributed by atoms with Crippen molar-refractivity contribution in [1.82, 2.24) is 10.1 Å². The van der Waals surface area contributed by atoms with Crippen LogP contribution in [0.4, 0.5) is 0 Å². The molecule has 0 N–H and O–H groups in total. The third kappa shape index (κ3) is 5.25. The molecule has 0 unspecified atom stereocenters. The summed E-state index contributed by atoms with van der Waals surface area (Å²) in [5.74, 6) is -2.28. The second-order valence-electron chi connectivity index (χ2n) is 4.51. The Kier molecular flexibility index (Phi) is 7.00. The van der Waals surface area contributed by atoms with E-state index in [1.54, 1.807) is 0 Å². The Morgan fingerprint density at radius 1 is 0.957 bits per heavy atom.